The Kier molecular flexibility index (Phi) is 7.01. The van der Waals surface area contributed by atoms with E-state index in [1.807, 2.05) is 18.2 Å². The van der Waals surface area contributed by atoms with Crippen molar-refractivity contribution in [3.05, 3.63) is 27.1 Å². The summed E-state index contributed by atoms with van der Waals surface area (Å²) in [7, 11) is 0. The molecule has 1 rings (SSSR count). The second-order valence-electron chi connectivity index (χ2n) is 3.63. The standard InChI is InChI=1S/C12H15Br3O/c1-2-3-4-5-12(15)16-11-7-9(13)6-10(14)8-11/h6-8,12H,2-5H2,1H3. The highest BCUT2D eigenvalue weighted by Crippen LogP contribution is 2.27. The van der Waals surface area contributed by atoms with Crippen molar-refractivity contribution in [2.45, 2.75) is 37.6 Å². The molecule has 1 unspecified atom stereocenters. The van der Waals surface area contributed by atoms with Crippen LogP contribution in [0.25, 0.3) is 0 Å². The molecule has 0 N–H and O–H groups in total. The van der Waals surface area contributed by atoms with E-state index in [0.717, 1.165) is 21.1 Å². The minimum atomic E-state index is 0.0975. The second-order valence-corrected chi connectivity index (χ2v) is 6.48. The van der Waals surface area contributed by atoms with Crippen molar-refractivity contribution in [1.82, 2.24) is 0 Å². The highest BCUT2D eigenvalue weighted by molar-refractivity contribution is 9.11. The lowest BCUT2D eigenvalue weighted by molar-refractivity contribution is 0.278. The van der Waals surface area contributed by atoms with E-state index in [1.54, 1.807) is 0 Å². The van der Waals surface area contributed by atoms with Crippen molar-refractivity contribution >= 4 is 47.8 Å². The van der Waals surface area contributed by atoms with Gasteiger partial charge in [-0.25, -0.2) is 0 Å². The highest BCUT2D eigenvalue weighted by Gasteiger charge is 2.06. The van der Waals surface area contributed by atoms with Crippen LogP contribution in [0.5, 0.6) is 5.75 Å². The lowest BCUT2D eigenvalue weighted by atomic mass is 10.2. The van der Waals surface area contributed by atoms with Crippen LogP contribution in [0.2, 0.25) is 0 Å². The average molecular weight is 415 g/mol. The first-order valence-corrected chi connectivity index (χ1v) is 7.89. The van der Waals surface area contributed by atoms with Gasteiger partial charge >= 0.3 is 0 Å². The molecule has 0 aliphatic heterocycles. The van der Waals surface area contributed by atoms with Crippen LogP contribution in [0.3, 0.4) is 0 Å². The molecule has 0 spiro atoms. The third-order valence-electron chi connectivity index (χ3n) is 2.13. The smallest absolute Gasteiger partial charge is 0.153 e. The van der Waals surface area contributed by atoms with Crippen molar-refractivity contribution in [3.63, 3.8) is 0 Å². The van der Waals surface area contributed by atoms with E-state index < -0.39 is 0 Å². The molecular weight excluding hydrogens is 400 g/mol. The summed E-state index contributed by atoms with van der Waals surface area (Å²) in [5.41, 5.74) is 0. The van der Waals surface area contributed by atoms with Gasteiger partial charge < -0.3 is 4.74 Å². The van der Waals surface area contributed by atoms with Gasteiger partial charge in [-0.1, -0.05) is 51.6 Å². The van der Waals surface area contributed by atoms with E-state index in [1.165, 1.54) is 19.3 Å². The zero-order valence-electron chi connectivity index (χ0n) is 9.18. The molecule has 0 saturated heterocycles. The number of hydrogen-bond donors (Lipinski definition) is 0. The predicted molar refractivity (Wildman–Crippen MR) is 79.3 cm³/mol. The molecule has 90 valence electrons. The van der Waals surface area contributed by atoms with Gasteiger partial charge in [0, 0.05) is 8.95 Å². The summed E-state index contributed by atoms with van der Waals surface area (Å²) < 4.78 is 7.82. The minimum absolute atomic E-state index is 0.0975. The van der Waals surface area contributed by atoms with Crippen molar-refractivity contribution in [2.24, 2.45) is 0 Å². The summed E-state index contributed by atoms with van der Waals surface area (Å²) in [6.45, 7) is 2.20. The number of halogens is 3. The maximum Gasteiger partial charge on any atom is 0.153 e. The Morgan fingerprint density at radius 1 is 1.12 bits per heavy atom. The van der Waals surface area contributed by atoms with Gasteiger partial charge in [0.15, 0.2) is 5.01 Å². The minimum Gasteiger partial charge on any atom is -0.479 e. The van der Waals surface area contributed by atoms with Gasteiger partial charge in [0.2, 0.25) is 0 Å². The van der Waals surface area contributed by atoms with Gasteiger partial charge in [-0.2, -0.15) is 0 Å². The van der Waals surface area contributed by atoms with Crippen LogP contribution in [-0.2, 0) is 0 Å². The fraction of sp³-hybridized carbons (Fsp3) is 0.500. The van der Waals surface area contributed by atoms with E-state index in [-0.39, 0.29) is 5.01 Å². The molecule has 0 aliphatic rings. The first-order valence-electron chi connectivity index (χ1n) is 5.38. The lowest BCUT2D eigenvalue weighted by Gasteiger charge is -2.13. The molecular formula is C12H15Br3O. The van der Waals surface area contributed by atoms with Crippen LogP contribution in [0.15, 0.2) is 27.1 Å². The normalized spacial score (nSPS) is 12.5. The Hall–Kier alpha value is 0.460. The van der Waals surface area contributed by atoms with E-state index in [0.29, 0.717) is 0 Å². The Bertz CT molecular complexity index is 308. The number of rotatable bonds is 6. The van der Waals surface area contributed by atoms with Gasteiger partial charge in [0.1, 0.15) is 5.75 Å². The highest BCUT2D eigenvalue weighted by atomic mass is 79.9. The molecule has 1 nitrogen and oxygen atoms in total. The molecule has 0 saturated carbocycles. The second kappa shape index (κ2) is 7.72. The number of alkyl halides is 1. The summed E-state index contributed by atoms with van der Waals surface area (Å²) in [5, 5.41) is 0.0975. The van der Waals surface area contributed by atoms with Crippen LogP contribution in [0.4, 0.5) is 0 Å². The SMILES string of the molecule is CCCCCC(Br)Oc1cc(Br)cc(Br)c1. The van der Waals surface area contributed by atoms with Crippen LogP contribution >= 0.6 is 47.8 Å². The molecule has 1 atom stereocenters. The van der Waals surface area contributed by atoms with Crippen LogP contribution in [0, 0.1) is 0 Å². The maximum atomic E-state index is 5.78. The Morgan fingerprint density at radius 3 is 2.31 bits per heavy atom. The Morgan fingerprint density at radius 2 is 1.75 bits per heavy atom. The maximum absolute atomic E-state index is 5.78. The number of benzene rings is 1. The van der Waals surface area contributed by atoms with E-state index in [9.17, 15) is 0 Å². The van der Waals surface area contributed by atoms with Gasteiger partial charge in [0.25, 0.3) is 0 Å². The third-order valence-corrected chi connectivity index (χ3v) is 3.70. The summed E-state index contributed by atoms with van der Waals surface area (Å²) in [6.07, 6.45) is 4.73. The van der Waals surface area contributed by atoms with Gasteiger partial charge in [0.05, 0.1) is 0 Å². The molecule has 1 aromatic carbocycles. The summed E-state index contributed by atoms with van der Waals surface area (Å²) in [6, 6.07) is 5.94. The van der Waals surface area contributed by atoms with Crippen LogP contribution < -0.4 is 4.74 Å². The summed E-state index contributed by atoms with van der Waals surface area (Å²) in [4.78, 5) is 0. The average Bonchev–Trinajstić information content (AvgIpc) is 2.16. The molecule has 0 radical (unpaired) electrons. The molecule has 0 fully saturated rings. The molecule has 1 aromatic rings. The zero-order chi connectivity index (χ0) is 12.0. The third kappa shape index (κ3) is 5.69. The van der Waals surface area contributed by atoms with E-state index >= 15 is 0 Å². The number of ether oxygens (including phenoxy) is 1. The zero-order valence-corrected chi connectivity index (χ0v) is 13.9. The van der Waals surface area contributed by atoms with Crippen molar-refractivity contribution in [3.8, 4) is 5.75 Å². The first-order chi connectivity index (χ1) is 7.61. The Labute approximate surface area is 122 Å². The van der Waals surface area contributed by atoms with Crippen molar-refractivity contribution in [1.29, 1.82) is 0 Å². The van der Waals surface area contributed by atoms with Crippen LogP contribution in [0.1, 0.15) is 32.6 Å². The molecule has 0 aliphatic carbocycles. The largest absolute Gasteiger partial charge is 0.479 e. The molecule has 16 heavy (non-hydrogen) atoms. The van der Waals surface area contributed by atoms with Crippen molar-refractivity contribution in [2.75, 3.05) is 0 Å². The summed E-state index contributed by atoms with van der Waals surface area (Å²) in [5.74, 6) is 0.875. The van der Waals surface area contributed by atoms with Crippen LogP contribution in [-0.4, -0.2) is 5.01 Å². The topological polar surface area (TPSA) is 9.23 Å². The molecule has 0 bridgehead atoms. The molecule has 0 heterocycles. The fourth-order valence-corrected chi connectivity index (χ4v) is 3.15. The fourth-order valence-electron chi connectivity index (χ4n) is 1.36. The van der Waals surface area contributed by atoms with E-state index in [4.69, 9.17) is 4.74 Å². The summed E-state index contributed by atoms with van der Waals surface area (Å²) >= 11 is 10.4. The molecule has 4 heteroatoms. The van der Waals surface area contributed by atoms with Gasteiger partial charge in [-0.3, -0.25) is 0 Å². The quantitative estimate of drug-likeness (QED) is 0.416. The number of unbranched alkanes of at least 4 members (excludes halogenated alkanes) is 2. The molecule has 0 amide bonds. The lowest BCUT2D eigenvalue weighted by Crippen LogP contribution is -2.07. The van der Waals surface area contributed by atoms with Gasteiger partial charge in [-0.05, 0) is 47.0 Å². The van der Waals surface area contributed by atoms with E-state index in [2.05, 4.69) is 54.7 Å². The monoisotopic (exact) mass is 412 g/mol. The molecule has 0 aromatic heterocycles. The van der Waals surface area contributed by atoms with Crippen molar-refractivity contribution < 1.29 is 4.74 Å². The number of hydrogen-bond acceptors (Lipinski definition) is 1. The predicted octanol–water partition coefficient (Wildman–Crippen LogP) is 5.89. The van der Waals surface area contributed by atoms with Gasteiger partial charge in [-0.15, -0.1) is 0 Å². The Balaban J connectivity index is 2.45. The first kappa shape index (κ1) is 14.5.